The second kappa shape index (κ2) is 10.7. The number of benzene rings is 1. The largest absolute Gasteiger partial charge is 0.465 e. The van der Waals surface area contributed by atoms with Crippen molar-refractivity contribution < 1.29 is 32.0 Å². The van der Waals surface area contributed by atoms with Gasteiger partial charge in [0.2, 0.25) is 21.8 Å². The predicted molar refractivity (Wildman–Crippen MR) is 123 cm³/mol. The summed E-state index contributed by atoms with van der Waals surface area (Å²) >= 11 is 0. The number of aryl methyl sites for hydroxylation is 2. The Bertz CT molecular complexity index is 1190. The lowest BCUT2D eigenvalue weighted by molar-refractivity contribution is -0.133. The van der Waals surface area contributed by atoms with Crippen molar-refractivity contribution in [2.24, 2.45) is 0 Å². The first-order valence-electron chi connectivity index (χ1n) is 10.6. The lowest BCUT2D eigenvalue weighted by Crippen LogP contribution is -2.52. The van der Waals surface area contributed by atoms with Crippen LogP contribution in [0.2, 0.25) is 0 Å². The number of hydrogen-bond donors (Lipinski definition) is 1. The van der Waals surface area contributed by atoms with Crippen LogP contribution in [0.4, 0.5) is 0 Å². The Hall–Kier alpha value is -3.44. The number of furan rings is 1. The summed E-state index contributed by atoms with van der Waals surface area (Å²) in [5.41, 5.74) is 0.740. The Morgan fingerprint density at radius 3 is 2.32 bits per heavy atom. The van der Waals surface area contributed by atoms with Gasteiger partial charge in [-0.05, 0) is 25.5 Å². The highest BCUT2D eigenvalue weighted by Gasteiger charge is 2.37. The SMILES string of the molecule is COC(=O)c1c(C)oc(C)c1S(=O)(=O)N1CCN(C(=O)CNC(=O)/C=C/c2ccccc2)CC1. The summed E-state index contributed by atoms with van der Waals surface area (Å²) in [7, 11) is -2.88. The molecule has 0 saturated carbocycles. The highest BCUT2D eigenvalue weighted by Crippen LogP contribution is 2.30. The van der Waals surface area contributed by atoms with Gasteiger partial charge in [0.1, 0.15) is 22.0 Å². The molecule has 2 amide bonds. The highest BCUT2D eigenvalue weighted by molar-refractivity contribution is 7.89. The summed E-state index contributed by atoms with van der Waals surface area (Å²) < 4.78 is 37.8. The molecule has 1 aromatic carbocycles. The summed E-state index contributed by atoms with van der Waals surface area (Å²) in [6.07, 6.45) is 2.99. The second-order valence-electron chi connectivity index (χ2n) is 7.66. The van der Waals surface area contributed by atoms with Crippen molar-refractivity contribution in [2.75, 3.05) is 39.8 Å². The fourth-order valence-corrected chi connectivity index (χ4v) is 5.48. The quantitative estimate of drug-likeness (QED) is 0.459. The van der Waals surface area contributed by atoms with E-state index in [1.165, 1.54) is 36.2 Å². The zero-order valence-corrected chi connectivity index (χ0v) is 20.1. The molecule has 0 atom stereocenters. The molecule has 0 spiro atoms. The van der Waals surface area contributed by atoms with Crippen LogP contribution in [-0.4, -0.2) is 75.2 Å². The molecule has 34 heavy (non-hydrogen) atoms. The molecule has 1 aliphatic rings. The van der Waals surface area contributed by atoms with Crippen LogP contribution in [0.25, 0.3) is 6.08 Å². The molecule has 1 aliphatic heterocycles. The Labute approximate surface area is 198 Å². The first kappa shape index (κ1) is 25.2. The average Bonchev–Trinajstić information content (AvgIpc) is 3.15. The van der Waals surface area contributed by atoms with Gasteiger partial charge in [-0.2, -0.15) is 4.31 Å². The third-order valence-electron chi connectivity index (χ3n) is 5.42. The van der Waals surface area contributed by atoms with E-state index in [9.17, 15) is 22.8 Å². The number of piperazine rings is 1. The Morgan fingerprint density at radius 1 is 1.06 bits per heavy atom. The van der Waals surface area contributed by atoms with Gasteiger partial charge in [0, 0.05) is 32.3 Å². The van der Waals surface area contributed by atoms with Gasteiger partial charge in [-0.3, -0.25) is 9.59 Å². The van der Waals surface area contributed by atoms with Crippen LogP contribution >= 0.6 is 0 Å². The zero-order valence-electron chi connectivity index (χ0n) is 19.2. The van der Waals surface area contributed by atoms with E-state index in [1.807, 2.05) is 30.3 Å². The lowest BCUT2D eigenvalue weighted by Gasteiger charge is -2.34. The van der Waals surface area contributed by atoms with Gasteiger partial charge in [0.25, 0.3) is 0 Å². The second-order valence-corrected chi connectivity index (χ2v) is 9.53. The lowest BCUT2D eigenvalue weighted by atomic mass is 10.2. The monoisotopic (exact) mass is 489 g/mol. The van der Waals surface area contributed by atoms with E-state index in [0.29, 0.717) is 0 Å². The van der Waals surface area contributed by atoms with Crippen LogP contribution in [0.1, 0.15) is 27.4 Å². The van der Waals surface area contributed by atoms with Gasteiger partial charge in [0.15, 0.2) is 0 Å². The van der Waals surface area contributed by atoms with Crippen molar-refractivity contribution in [3.63, 3.8) is 0 Å². The summed E-state index contributed by atoms with van der Waals surface area (Å²) in [6, 6.07) is 9.28. The maximum Gasteiger partial charge on any atom is 0.342 e. The maximum absolute atomic E-state index is 13.2. The molecule has 182 valence electrons. The Morgan fingerprint density at radius 2 is 1.71 bits per heavy atom. The molecule has 1 saturated heterocycles. The number of methoxy groups -OCH3 is 1. The molecule has 10 nitrogen and oxygen atoms in total. The first-order valence-corrected chi connectivity index (χ1v) is 12.1. The molecular weight excluding hydrogens is 462 g/mol. The van der Waals surface area contributed by atoms with Crippen LogP contribution in [0, 0.1) is 13.8 Å². The van der Waals surface area contributed by atoms with Crippen LogP contribution in [0.5, 0.6) is 0 Å². The Balaban J connectivity index is 1.58. The third-order valence-corrected chi connectivity index (χ3v) is 7.48. The summed E-state index contributed by atoms with van der Waals surface area (Å²) in [4.78, 5) is 37.9. The number of carbonyl (C=O) groups excluding carboxylic acids is 3. The van der Waals surface area contributed by atoms with E-state index >= 15 is 0 Å². The molecule has 2 heterocycles. The zero-order chi connectivity index (χ0) is 24.9. The number of ether oxygens (including phenoxy) is 1. The van der Waals surface area contributed by atoms with Crippen LogP contribution in [0.15, 0.2) is 45.7 Å². The molecule has 0 aliphatic carbocycles. The molecule has 3 rings (SSSR count). The van der Waals surface area contributed by atoms with E-state index in [0.717, 1.165) is 5.56 Å². The fourth-order valence-electron chi connectivity index (χ4n) is 3.69. The van der Waals surface area contributed by atoms with Crippen molar-refractivity contribution in [1.82, 2.24) is 14.5 Å². The predicted octanol–water partition coefficient (Wildman–Crippen LogP) is 1.35. The summed E-state index contributed by atoms with van der Waals surface area (Å²) in [5.74, 6) is -1.25. The number of nitrogens with zero attached hydrogens (tertiary/aromatic N) is 2. The van der Waals surface area contributed by atoms with E-state index in [4.69, 9.17) is 9.15 Å². The van der Waals surface area contributed by atoms with Crippen molar-refractivity contribution >= 4 is 33.9 Å². The van der Waals surface area contributed by atoms with Gasteiger partial charge in [-0.15, -0.1) is 0 Å². The van der Waals surface area contributed by atoms with E-state index in [-0.39, 0.29) is 60.6 Å². The number of amides is 2. The summed E-state index contributed by atoms with van der Waals surface area (Å²) in [5, 5.41) is 2.54. The summed E-state index contributed by atoms with van der Waals surface area (Å²) in [6.45, 7) is 3.16. The Kier molecular flexibility index (Phi) is 7.90. The minimum atomic E-state index is -4.04. The fraction of sp³-hybridized carbons (Fsp3) is 0.348. The molecule has 1 fully saturated rings. The van der Waals surface area contributed by atoms with E-state index in [2.05, 4.69) is 5.32 Å². The molecule has 1 N–H and O–H groups in total. The minimum Gasteiger partial charge on any atom is -0.465 e. The number of carbonyl (C=O) groups is 3. The molecule has 0 bridgehead atoms. The number of esters is 1. The molecule has 2 aromatic rings. The normalized spacial score (nSPS) is 14.9. The van der Waals surface area contributed by atoms with Crippen LogP contribution in [0.3, 0.4) is 0 Å². The number of sulfonamides is 1. The van der Waals surface area contributed by atoms with Crippen molar-refractivity contribution in [2.45, 2.75) is 18.7 Å². The van der Waals surface area contributed by atoms with Gasteiger partial charge in [-0.25, -0.2) is 13.2 Å². The molecule has 0 radical (unpaired) electrons. The number of nitrogens with one attached hydrogen (secondary N) is 1. The van der Waals surface area contributed by atoms with Crippen molar-refractivity contribution in [3.8, 4) is 0 Å². The molecular formula is C23H27N3O7S. The van der Waals surface area contributed by atoms with Crippen LogP contribution < -0.4 is 5.32 Å². The topological polar surface area (TPSA) is 126 Å². The molecule has 1 aromatic heterocycles. The molecule has 0 unspecified atom stereocenters. The third kappa shape index (κ3) is 5.54. The standard InChI is InChI=1S/C23H27N3O7S/c1-16-21(23(29)32-3)22(17(2)33-16)34(30,31)26-13-11-25(12-14-26)20(28)15-24-19(27)10-9-18-7-5-4-6-8-18/h4-10H,11-15H2,1-3H3,(H,24,27)/b10-9+. The average molecular weight is 490 g/mol. The smallest absolute Gasteiger partial charge is 0.342 e. The minimum absolute atomic E-state index is 0.0419. The van der Waals surface area contributed by atoms with E-state index < -0.39 is 21.9 Å². The number of rotatable bonds is 7. The molecule has 11 heteroatoms. The van der Waals surface area contributed by atoms with Gasteiger partial charge >= 0.3 is 5.97 Å². The maximum atomic E-state index is 13.2. The van der Waals surface area contributed by atoms with E-state index in [1.54, 1.807) is 6.08 Å². The van der Waals surface area contributed by atoms with Gasteiger partial charge < -0.3 is 19.4 Å². The van der Waals surface area contributed by atoms with Crippen molar-refractivity contribution in [3.05, 3.63) is 59.1 Å². The van der Waals surface area contributed by atoms with Gasteiger partial charge in [0.05, 0.1) is 13.7 Å². The van der Waals surface area contributed by atoms with Crippen molar-refractivity contribution in [1.29, 1.82) is 0 Å². The van der Waals surface area contributed by atoms with Gasteiger partial charge in [-0.1, -0.05) is 30.3 Å². The number of hydrogen-bond acceptors (Lipinski definition) is 7. The van der Waals surface area contributed by atoms with Crippen LogP contribution in [-0.2, 0) is 24.3 Å². The highest BCUT2D eigenvalue weighted by atomic mass is 32.2. The first-order chi connectivity index (χ1) is 16.1.